The first kappa shape index (κ1) is 22.0. The number of hydrogen-bond donors (Lipinski definition) is 2. The Morgan fingerprint density at radius 3 is 2.41 bits per heavy atom. The van der Waals surface area contributed by atoms with E-state index in [0.717, 1.165) is 0 Å². The molecule has 0 atom stereocenters. The van der Waals surface area contributed by atoms with Crippen molar-refractivity contribution in [2.24, 2.45) is 0 Å². The van der Waals surface area contributed by atoms with Crippen LogP contribution < -0.4 is 20.5 Å². The van der Waals surface area contributed by atoms with Crippen LogP contribution in [0.15, 0.2) is 54.2 Å². The number of aliphatic carboxylic acids is 1. The van der Waals surface area contributed by atoms with Gasteiger partial charge < -0.3 is 25.3 Å². The molecule has 29 heavy (non-hydrogen) atoms. The molecular formula is C21H20ClN2O5-. The molecule has 0 aliphatic rings. The summed E-state index contributed by atoms with van der Waals surface area (Å²) in [7, 11) is 1.54. The van der Waals surface area contributed by atoms with Gasteiger partial charge in [-0.15, -0.1) is 0 Å². The van der Waals surface area contributed by atoms with Crippen molar-refractivity contribution < 1.29 is 24.2 Å². The average Bonchev–Trinajstić information content (AvgIpc) is 2.71. The average molecular weight is 416 g/mol. The lowest BCUT2D eigenvalue weighted by atomic mass is 10.1. The molecule has 2 amide bonds. The van der Waals surface area contributed by atoms with Gasteiger partial charge in [-0.05, 0) is 48.7 Å². The van der Waals surface area contributed by atoms with Crippen molar-refractivity contribution >= 4 is 35.5 Å². The first-order valence-electron chi connectivity index (χ1n) is 8.80. The fourth-order valence-corrected chi connectivity index (χ4v) is 2.61. The second-order valence-corrected chi connectivity index (χ2v) is 6.40. The second kappa shape index (κ2) is 10.9. The first-order valence-corrected chi connectivity index (χ1v) is 9.18. The van der Waals surface area contributed by atoms with Crippen LogP contribution in [0.3, 0.4) is 0 Å². The summed E-state index contributed by atoms with van der Waals surface area (Å²) >= 11 is 6.05. The maximum Gasteiger partial charge on any atom is 0.267 e. The molecule has 2 aromatic carbocycles. The third-order valence-corrected chi connectivity index (χ3v) is 4.21. The third kappa shape index (κ3) is 6.97. The Morgan fingerprint density at radius 2 is 1.79 bits per heavy atom. The number of nitrogens with one attached hydrogen (secondary N) is 2. The van der Waals surface area contributed by atoms with Crippen molar-refractivity contribution in [3.05, 3.63) is 70.4 Å². The zero-order valence-electron chi connectivity index (χ0n) is 15.7. The highest BCUT2D eigenvalue weighted by Crippen LogP contribution is 2.16. The topological polar surface area (TPSA) is 108 Å². The minimum Gasteiger partial charge on any atom is -0.550 e. The predicted octanol–water partition coefficient (Wildman–Crippen LogP) is 1.77. The molecule has 0 saturated heterocycles. The van der Waals surface area contributed by atoms with Crippen molar-refractivity contribution in [3.63, 3.8) is 0 Å². The Labute approximate surface area is 173 Å². The summed E-state index contributed by atoms with van der Waals surface area (Å²) in [5, 5.41) is 15.9. The molecule has 0 saturated carbocycles. The van der Waals surface area contributed by atoms with Gasteiger partial charge in [-0.2, -0.15) is 0 Å². The lowest BCUT2D eigenvalue weighted by Gasteiger charge is -2.12. The van der Waals surface area contributed by atoms with Gasteiger partial charge in [-0.1, -0.05) is 35.9 Å². The van der Waals surface area contributed by atoms with E-state index in [4.69, 9.17) is 16.3 Å². The van der Waals surface area contributed by atoms with Crippen LogP contribution in [-0.4, -0.2) is 31.4 Å². The number of carboxylic acids is 1. The Kier molecular flexibility index (Phi) is 8.24. The molecular weight excluding hydrogens is 396 g/mol. The molecule has 2 rings (SSSR count). The zero-order chi connectivity index (χ0) is 21.2. The van der Waals surface area contributed by atoms with Crippen molar-refractivity contribution in [3.8, 4) is 5.75 Å². The standard InChI is InChI=1S/C21H21ClN2O5/c1-29-15-10-8-14(9-11-15)13-18(21(28)23-12-4-7-19(25)26)24-20(27)16-5-2-3-6-17(16)22/h2-3,5-6,8-11,13H,4,7,12H2,1H3,(H,23,28)(H,24,27)(H,25,26)/p-1/b18-13+. The summed E-state index contributed by atoms with van der Waals surface area (Å²) in [5.74, 6) is -1.64. The van der Waals surface area contributed by atoms with E-state index in [2.05, 4.69) is 10.6 Å². The maximum absolute atomic E-state index is 12.6. The molecule has 152 valence electrons. The maximum atomic E-state index is 12.6. The van der Waals surface area contributed by atoms with Gasteiger partial charge in [0, 0.05) is 12.5 Å². The van der Waals surface area contributed by atoms with E-state index in [9.17, 15) is 19.5 Å². The summed E-state index contributed by atoms with van der Waals surface area (Å²) < 4.78 is 5.10. The molecule has 8 heteroatoms. The molecule has 0 bridgehead atoms. The number of methoxy groups -OCH3 is 1. The Morgan fingerprint density at radius 1 is 1.10 bits per heavy atom. The minimum atomic E-state index is -1.19. The highest BCUT2D eigenvalue weighted by Gasteiger charge is 2.16. The van der Waals surface area contributed by atoms with Gasteiger partial charge in [0.15, 0.2) is 0 Å². The lowest BCUT2D eigenvalue weighted by molar-refractivity contribution is -0.305. The number of halogens is 1. The third-order valence-electron chi connectivity index (χ3n) is 3.88. The Bertz CT molecular complexity index is 910. The first-order chi connectivity index (χ1) is 13.9. The van der Waals surface area contributed by atoms with Crippen LogP contribution in [0.2, 0.25) is 5.02 Å². The SMILES string of the molecule is COc1ccc(/C=C(/NC(=O)c2ccccc2Cl)C(=O)NCCCC(=O)[O-])cc1. The lowest BCUT2D eigenvalue weighted by Crippen LogP contribution is -2.35. The molecule has 0 radical (unpaired) electrons. The highest BCUT2D eigenvalue weighted by molar-refractivity contribution is 6.34. The summed E-state index contributed by atoms with van der Waals surface area (Å²) in [5.41, 5.74) is 0.873. The number of rotatable bonds is 9. The molecule has 0 spiro atoms. The summed E-state index contributed by atoms with van der Waals surface area (Å²) in [6.45, 7) is 0.120. The summed E-state index contributed by atoms with van der Waals surface area (Å²) in [6.07, 6.45) is 1.54. The largest absolute Gasteiger partial charge is 0.550 e. The van der Waals surface area contributed by atoms with E-state index in [0.29, 0.717) is 11.3 Å². The van der Waals surface area contributed by atoms with Crippen LogP contribution in [-0.2, 0) is 9.59 Å². The monoisotopic (exact) mass is 415 g/mol. The van der Waals surface area contributed by atoms with E-state index < -0.39 is 17.8 Å². The van der Waals surface area contributed by atoms with Crippen molar-refractivity contribution in [1.29, 1.82) is 0 Å². The summed E-state index contributed by atoms with van der Waals surface area (Å²) in [6, 6.07) is 13.4. The van der Waals surface area contributed by atoms with Gasteiger partial charge in [-0.3, -0.25) is 9.59 Å². The van der Waals surface area contributed by atoms with Gasteiger partial charge in [0.2, 0.25) is 0 Å². The van der Waals surface area contributed by atoms with Crippen molar-refractivity contribution in [1.82, 2.24) is 10.6 Å². The Hall–Kier alpha value is -3.32. The molecule has 0 aliphatic carbocycles. The van der Waals surface area contributed by atoms with Gasteiger partial charge in [0.25, 0.3) is 11.8 Å². The fourth-order valence-electron chi connectivity index (χ4n) is 2.39. The van der Waals surface area contributed by atoms with E-state index in [1.54, 1.807) is 55.6 Å². The number of carbonyl (C=O) groups excluding carboxylic acids is 3. The number of amides is 2. The summed E-state index contributed by atoms with van der Waals surface area (Å²) in [4.78, 5) is 35.6. The zero-order valence-corrected chi connectivity index (χ0v) is 16.5. The van der Waals surface area contributed by atoms with Gasteiger partial charge in [-0.25, -0.2) is 0 Å². The second-order valence-electron chi connectivity index (χ2n) is 6.00. The number of ether oxygens (including phenoxy) is 1. The molecule has 0 heterocycles. The van der Waals surface area contributed by atoms with E-state index >= 15 is 0 Å². The van der Waals surface area contributed by atoms with E-state index in [1.165, 1.54) is 6.08 Å². The Balaban J connectivity index is 2.20. The van der Waals surface area contributed by atoms with Crippen LogP contribution in [0, 0.1) is 0 Å². The predicted molar refractivity (Wildman–Crippen MR) is 107 cm³/mol. The normalized spacial score (nSPS) is 10.9. The van der Waals surface area contributed by atoms with Crippen LogP contribution in [0.1, 0.15) is 28.8 Å². The number of carbonyl (C=O) groups is 3. The smallest absolute Gasteiger partial charge is 0.267 e. The fraction of sp³-hybridized carbons (Fsp3) is 0.190. The van der Waals surface area contributed by atoms with Crippen LogP contribution in [0.4, 0.5) is 0 Å². The van der Waals surface area contributed by atoms with Gasteiger partial charge in [0.1, 0.15) is 11.4 Å². The molecule has 0 unspecified atom stereocenters. The number of hydrogen-bond acceptors (Lipinski definition) is 5. The minimum absolute atomic E-state index is 0.00598. The quantitative estimate of drug-likeness (QED) is 0.479. The van der Waals surface area contributed by atoms with Crippen LogP contribution in [0.5, 0.6) is 5.75 Å². The van der Waals surface area contributed by atoms with Crippen molar-refractivity contribution in [2.45, 2.75) is 12.8 Å². The molecule has 0 aromatic heterocycles. The van der Waals surface area contributed by atoms with Gasteiger partial charge in [0.05, 0.1) is 17.7 Å². The highest BCUT2D eigenvalue weighted by atomic mass is 35.5. The van der Waals surface area contributed by atoms with E-state index in [1.807, 2.05) is 0 Å². The van der Waals surface area contributed by atoms with Crippen molar-refractivity contribution in [2.75, 3.05) is 13.7 Å². The molecule has 0 aliphatic heterocycles. The van der Waals surface area contributed by atoms with Gasteiger partial charge >= 0.3 is 0 Å². The molecule has 7 nitrogen and oxygen atoms in total. The number of carboxylic acid groups (broad SMARTS) is 1. The number of benzene rings is 2. The van der Waals surface area contributed by atoms with E-state index in [-0.39, 0.29) is 35.7 Å². The van der Waals surface area contributed by atoms with Crippen LogP contribution >= 0.6 is 11.6 Å². The molecule has 2 N–H and O–H groups in total. The molecule has 2 aromatic rings. The molecule has 0 fully saturated rings. The van der Waals surface area contributed by atoms with Crippen LogP contribution in [0.25, 0.3) is 6.08 Å².